The van der Waals surface area contributed by atoms with Crippen LogP contribution in [0.5, 0.6) is 0 Å². The van der Waals surface area contributed by atoms with E-state index >= 15 is 0 Å². The Morgan fingerprint density at radius 1 is 1.75 bits per heavy atom. The molecule has 6 nitrogen and oxygen atoms in total. The van der Waals surface area contributed by atoms with Crippen molar-refractivity contribution in [2.45, 2.75) is 24.0 Å². The molecule has 0 aliphatic rings. The van der Waals surface area contributed by atoms with E-state index < -0.39 is 11.5 Å². The molecule has 1 unspecified atom stereocenters. The van der Waals surface area contributed by atoms with Crippen molar-refractivity contribution in [3.8, 4) is 0 Å². The fraction of sp³-hybridized carbons (Fsp3) is 0.667. The van der Waals surface area contributed by atoms with Crippen LogP contribution in [0.3, 0.4) is 0 Å². The second-order valence-electron chi connectivity index (χ2n) is 3.67. The zero-order valence-corrected chi connectivity index (χ0v) is 10.5. The summed E-state index contributed by atoms with van der Waals surface area (Å²) in [6.45, 7) is 1.66. The lowest BCUT2D eigenvalue weighted by Gasteiger charge is -2.20. The number of carbonyl (C=O) groups is 1. The maximum Gasteiger partial charge on any atom is 0.325 e. The summed E-state index contributed by atoms with van der Waals surface area (Å²) >= 11 is 1.51. The highest BCUT2D eigenvalue weighted by molar-refractivity contribution is 7.99. The number of thioether (sulfide) groups is 1. The van der Waals surface area contributed by atoms with Crippen molar-refractivity contribution in [1.82, 2.24) is 14.8 Å². The Bertz CT molecular complexity index is 364. The first kappa shape index (κ1) is 13.0. The van der Waals surface area contributed by atoms with Gasteiger partial charge in [-0.3, -0.25) is 4.79 Å². The molecule has 0 spiro atoms. The van der Waals surface area contributed by atoms with Crippen LogP contribution in [0.15, 0.2) is 11.5 Å². The van der Waals surface area contributed by atoms with Crippen molar-refractivity contribution < 1.29 is 9.53 Å². The average molecular weight is 244 g/mol. The Morgan fingerprint density at radius 3 is 2.94 bits per heavy atom. The topological polar surface area (TPSA) is 83.0 Å². The zero-order valence-electron chi connectivity index (χ0n) is 9.64. The minimum Gasteiger partial charge on any atom is -0.468 e. The number of aromatic nitrogens is 3. The van der Waals surface area contributed by atoms with E-state index in [2.05, 4.69) is 14.8 Å². The number of hydrogen-bond acceptors (Lipinski definition) is 6. The second-order valence-corrected chi connectivity index (χ2v) is 4.74. The number of aryl methyl sites for hydroxylation is 1. The summed E-state index contributed by atoms with van der Waals surface area (Å²) in [4.78, 5) is 15.4. The van der Waals surface area contributed by atoms with Gasteiger partial charge in [-0.15, -0.1) is 0 Å². The predicted octanol–water partition coefficient (Wildman–Crippen LogP) is 0.188. The van der Waals surface area contributed by atoms with Gasteiger partial charge in [-0.05, 0) is 13.3 Å². The monoisotopic (exact) mass is 244 g/mol. The number of methoxy groups -OCH3 is 1. The molecule has 1 rings (SSSR count). The molecule has 90 valence electrons. The van der Waals surface area contributed by atoms with Crippen LogP contribution in [0.4, 0.5) is 0 Å². The van der Waals surface area contributed by atoms with Crippen molar-refractivity contribution >= 4 is 17.7 Å². The van der Waals surface area contributed by atoms with Gasteiger partial charge in [0.1, 0.15) is 11.9 Å². The number of nitrogens with zero attached hydrogens (tertiary/aromatic N) is 3. The second kappa shape index (κ2) is 5.31. The lowest BCUT2D eigenvalue weighted by atomic mass is 10.0. The van der Waals surface area contributed by atoms with E-state index in [4.69, 9.17) is 5.73 Å². The number of nitrogens with two attached hydrogens (primary N) is 1. The molecule has 0 amide bonds. The Hall–Kier alpha value is -1.08. The Morgan fingerprint density at radius 2 is 2.44 bits per heavy atom. The molecular weight excluding hydrogens is 228 g/mol. The molecule has 0 fully saturated rings. The third-order valence-corrected chi connectivity index (χ3v) is 3.21. The van der Waals surface area contributed by atoms with Gasteiger partial charge in [0.25, 0.3) is 0 Å². The summed E-state index contributed by atoms with van der Waals surface area (Å²) in [6.07, 6.45) is 2.02. The van der Waals surface area contributed by atoms with Gasteiger partial charge >= 0.3 is 5.97 Å². The summed E-state index contributed by atoms with van der Waals surface area (Å²) in [5, 5.41) is 4.75. The van der Waals surface area contributed by atoms with Gasteiger partial charge in [-0.25, -0.2) is 9.67 Å². The molecule has 0 saturated heterocycles. The maximum atomic E-state index is 11.3. The van der Waals surface area contributed by atoms with Crippen LogP contribution in [0.1, 0.15) is 13.3 Å². The van der Waals surface area contributed by atoms with E-state index in [1.165, 1.54) is 25.2 Å². The smallest absolute Gasteiger partial charge is 0.325 e. The summed E-state index contributed by atoms with van der Waals surface area (Å²) in [6, 6.07) is 0. The minimum absolute atomic E-state index is 0.397. The third-order valence-electron chi connectivity index (χ3n) is 2.17. The molecule has 2 N–H and O–H groups in total. The molecule has 0 aromatic carbocycles. The lowest BCUT2D eigenvalue weighted by Crippen LogP contribution is -2.46. The van der Waals surface area contributed by atoms with Crippen LogP contribution in [0.25, 0.3) is 0 Å². The van der Waals surface area contributed by atoms with Gasteiger partial charge in [0.05, 0.1) is 7.11 Å². The molecule has 1 aromatic heterocycles. The Balaban J connectivity index is 2.41. The number of ether oxygens (including phenoxy) is 1. The van der Waals surface area contributed by atoms with Gasteiger partial charge in [0, 0.05) is 12.8 Å². The first-order chi connectivity index (χ1) is 7.47. The van der Waals surface area contributed by atoms with Crippen LogP contribution >= 0.6 is 11.8 Å². The molecule has 1 heterocycles. The lowest BCUT2D eigenvalue weighted by molar-refractivity contribution is -0.146. The summed E-state index contributed by atoms with van der Waals surface area (Å²) in [5.41, 5.74) is 4.87. The van der Waals surface area contributed by atoms with E-state index in [1.807, 2.05) is 7.05 Å². The van der Waals surface area contributed by atoms with Gasteiger partial charge < -0.3 is 10.5 Å². The average Bonchev–Trinajstić information content (AvgIpc) is 2.63. The van der Waals surface area contributed by atoms with Crippen LogP contribution in [-0.2, 0) is 16.6 Å². The molecule has 0 aliphatic heterocycles. The molecule has 1 atom stereocenters. The van der Waals surface area contributed by atoms with Crippen molar-refractivity contribution in [2.75, 3.05) is 12.9 Å². The summed E-state index contributed by atoms with van der Waals surface area (Å²) in [7, 11) is 3.15. The Kier molecular flexibility index (Phi) is 4.31. The molecule has 0 radical (unpaired) electrons. The van der Waals surface area contributed by atoms with Crippen molar-refractivity contribution in [2.24, 2.45) is 12.8 Å². The van der Waals surface area contributed by atoms with E-state index in [1.54, 1.807) is 11.6 Å². The van der Waals surface area contributed by atoms with Gasteiger partial charge in [0.15, 0.2) is 5.16 Å². The van der Waals surface area contributed by atoms with Crippen molar-refractivity contribution in [1.29, 1.82) is 0 Å². The normalized spacial score (nSPS) is 14.5. The van der Waals surface area contributed by atoms with Crippen molar-refractivity contribution in [3.05, 3.63) is 6.33 Å². The van der Waals surface area contributed by atoms with E-state index in [9.17, 15) is 4.79 Å². The SMILES string of the molecule is COC(=O)C(C)(N)CCSc1ncnn1C. The molecule has 0 bridgehead atoms. The molecule has 0 aliphatic carbocycles. The molecular formula is C9H16N4O2S. The number of esters is 1. The highest BCUT2D eigenvalue weighted by atomic mass is 32.2. The van der Waals surface area contributed by atoms with E-state index in [0.717, 1.165) is 5.16 Å². The number of hydrogen-bond donors (Lipinski definition) is 1. The summed E-state index contributed by atoms with van der Waals surface area (Å²) in [5.74, 6) is 0.292. The maximum absolute atomic E-state index is 11.3. The van der Waals surface area contributed by atoms with E-state index in [-0.39, 0.29) is 0 Å². The first-order valence-electron chi connectivity index (χ1n) is 4.81. The van der Waals surface area contributed by atoms with Crippen LogP contribution in [-0.4, -0.2) is 39.1 Å². The van der Waals surface area contributed by atoms with Crippen LogP contribution in [0.2, 0.25) is 0 Å². The van der Waals surface area contributed by atoms with Gasteiger partial charge in [-0.1, -0.05) is 11.8 Å². The number of rotatable bonds is 5. The molecule has 16 heavy (non-hydrogen) atoms. The minimum atomic E-state index is -0.944. The van der Waals surface area contributed by atoms with Crippen LogP contribution < -0.4 is 5.73 Å². The first-order valence-corrected chi connectivity index (χ1v) is 5.80. The fourth-order valence-electron chi connectivity index (χ4n) is 1.11. The molecule has 0 saturated carbocycles. The highest BCUT2D eigenvalue weighted by Gasteiger charge is 2.28. The molecule has 7 heteroatoms. The summed E-state index contributed by atoms with van der Waals surface area (Å²) < 4.78 is 6.30. The standard InChI is InChI=1S/C9H16N4O2S/c1-9(10,7(14)15-3)4-5-16-8-11-6-12-13(8)2/h6H,4-5,10H2,1-3H3. The van der Waals surface area contributed by atoms with Gasteiger partial charge in [0.2, 0.25) is 0 Å². The highest BCUT2D eigenvalue weighted by Crippen LogP contribution is 2.18. The molecule has 1 aromatic rings. The fourth-order valence-corrected chi connectivity index (χ4v) is 2.17. The van der Waals surface area contributed by atoms with Crippen LogP contribution in [0, 0.1) is 0 Å². The third kappa shape index (κ3) is 3.21. The zero-order chi connectivity index (χ0) is 12.2. The Labute approximate surface area is 98.6 Å². The largest absolute Gasteiger partial charge is 0.468 e. The predicted molar refractivity (Wildman–Crippen MR) is 61.0 cm³/mol. The number of carbonyl (C=O) groups excluding carboxylic acids is 1. The van der Waals surface area contributed by atoms with E-state index in [0.29, 0.717) is 12.2 Å². The van der Waals surface area contributed by atoms with Gasteiger partial charge in [-0.2, -0.15) is 5.10 Å². The van der Waals surface area contributed by atoms with Crippen molar-refractivity contribution in [3.63, 3.8) is 0 Å². The quantitative estimate of drug-likeness (QED) is 0.588.